The highest BCUT2D eigenvalue weighted by Gasteiger charge is 2.12. The Hall–Kier alpha value is -1.72. The minimum Gasteiger partial charge on any atom is -0.364 e. The molecule has 0 saturated carbocycles. The van der Waals surface area contributed by atoms with Crippen molar-refractivity contribution in [3.63, 3.8) is 0 Å². The van der Waals surface area contributed by atoms with E-state index in [2.05, 4.69) is 15.6 Å². The lowest BCUT2D eigenvalue weighted by Crippen LogP contribution is -2.20. The van der Waals surface area contributed by atoms with E-state index in [-0.39, 0.29) is 5.91 Å². The molecule has 0 saturated heterocycles. The first-order valence-corrected chi connectivity index (χ1v) is 6.70. The van der Waals surface area contributed by atoms with Crippen molar-refractivity contribution in [3.05, 3.63) is 45.8 Å². The zero-order valence-corrected chi connectivity index (χ0v) is 12.6. The monoisotopic (exact) mass is 312 g/mol. The predicted molar refractivity (Wildman–Crippen MR) is 80.4 cm³/mol. The highest BCUT2D eigenvalue weighted by Crippen LogP contribution is 2.25. The van der Waals surface area contributed by atoms with Crippen LogP contribution >= 0.6 is 23.2 Å². The van der Waals surface area contributed by atoms with Crippen molar-refractivity contribution >= 4 is 34.9 Å². The van der Waals surface area contributed by atoms with Crippen LogP contribution in [0.4, 0.5) is 5.82 Å². The number of nitrogens with one attached hydrogen (secondary N) is 2. The van der Waals surface area contributed by atoms with Crippen molar-refractivity contribution in [2.24, 2.45) is 7.05 Å². The van der Waals surface area contributed by atoms with Crippen LogP contribution in [0.5, 0.6) is 0 Å². The fraction of sp³-hybridized carbons (Fsp3) is 0.231. The van der Waals surface area contributed by atoms with Gasteiger partial charge >= 0.3 is 0 Å². The van der Waals surface area contributed by atoms with Gasteiger partial charge in [-0.3, -0.25) is 4.79 Å². The molecule has 2 rings (SSSR count). The minimum atomic E-state index is -0.191. The van der Waals surface area contributed by atoms with E-state index >= 15 is 0 Å². The van der Waals surface area contributed by atoms with Crippen LogP contribution in [0.2, 0.25) is 10.2 Å². The summed E-state index contributed by atoms with van der Waals surface area (Å²) in [5.74, 6) is 0.323. The molecule has 2 N–H and O–H groups in total. The largest absolute Gasteiger partial charge is 0.364 e. The number of rotatable bonds is 4. The molecular weight excluding hydrogens is 299 g/mol. The van der Waals surface area contributed by atoms with E-state index in [1.165, 1.54) is 0 Å². The van der Waals surface area contributed by atoms with Crippen LogP contribution in [0.1, 0.15) is 16.1 Å². The van der Waals surface area contributed by atoms with E-state index in [9.17, 15) is 4.79 Å². The summed E-state index contributed by atoms with van der Waals surface area (Å²) in [7, 11) is 3.40. The summed E-state index contributed by atoms with van der Waals surface area (Å²) in [6.07, 6.45) is 1.62. The van der Waals surface area contributed by atoms with Gasteiger partial charge in [-0.2, -0.15) is 0 Å². The molecule has 106 valence electrons. The molecule has 0 atom stereocenters. The number of hydrogen-bond acceptors (Lipinski definition) is 3. The number of halogens is 2. The van der Waals surface area contributed by atoms with Crippen molar-refractivity contribution in [2.75, 3.05) is 12.4 Å². The summed E-state index contributed by atoms with van der Waals surface area (Å²) in [6, 6.07) is 5.20. The average molecular weight is 313 g/mol. The highest BCUT2D eigenvalue weighted by atomic mass is 35.5. The maximum Gasteiger partial charge on any atom is 0.254 e. The first-order valence-electron chi connectivity index (χ1n) is 5.95. The van der Waals surface area contributed by atoms with Crippen LogP contribution in [0, 0.1) is 0 Å². The molecule has 20 heavy (non-hydrogen) atoms. The molecule has 2 aromatic heterocycles. The van der Waals surface area contributed by atoms with Crippen LogP contribution in [-0.2, 0) is 13.6 Å². The lowest BCUT2D eigenvalue weighted by atomic mass is 10.2. The number of aromatic nitrogens is 2. The van der Waals surface area contributed by atoms with Crippen molar-refractivity contribution in [1.29, 1.82) is 0 Å². The van der Waals surface area contributed by atoms with Gasteiger partial charge < -0.3 is 15.2 Å². The summed E-state index contributed by atoms with van der Waals surface area (Å²) >= 11 is 12.0. The van der Waals surface area contributed by atoms with Gasteiger partial charge in [0.2, 0.25) is 0 Å². The Morgan fingerprint density at radius 2 is 2.20 bits per heavy atom. The third-order valence-corrected chi connectivity index (χ3v) is 3.77. The molecular formula is C13H14Cl2N4O. The SMILES string of the molecule is CNC(=O)c1cccnc1NCc1cc(Cl)c(Cl)n1C. The highest BCUT2D eigenvalue weighted by molar-refractivity contribution is 6.41. The zero-order valence-electron chi connectivity index (χ0n) is 11.1. The Kier molecular flexibility index (Phi) is 4.52. The van der Waals surface area contributed by atoms with Gasteiger partial charge in [-0.05, 0) is 18.2 Å². The maximum atomic E-state index is 11.7. The fourth-order valence-corrected chi connectivity index (χ4v) is 2.21. The number of nitrogens with zero attached hydrogens (tertiary/aromatic N) is 2. The van der Waals surface area contributed by atoms with E-state index in [0.29, 0.717) is 28.1 Å². The van der Waals surface area contributed by atoms with Gasteiger partial charge in [0.15, 0.2) is 0 Å². The fourth-order valence-electron chi connectivity index (χ4n) is 1.80. The van der Waals surface area contributed by atoms with Crippen LogP contribution in [0.3, 0.4) is 0 Å². The van der Waals surface area contributed by atoms with E-state index in [1.54, 1.807) is 36.0 Å². The Morgan fingerprint density at radius 3 is 2.80 bits per heavy atom. The molecule has 0 fully saturated rings. The molecule has 0 bridgehead atoms. The quantitative estimate of drug-likeness (QED) is 0.912. The van der Waals surface area contributed by atoms with E-state index in [0.717, 1.165) is 5.69 Å². The summed E-state index contributed by atoms with van der Waals surface area (Å²) in [5, 5.41) is 6.68. The molecule has 1 amide bonds. The van der Waals surface area contributed by atoms with Crippen molar-refractivity contribution < 1.29 is 4.79 Å². The smallest absolute Gasteiger partial charge is 0.254 e. The Labute approximate surface area is 126 Å². The molecule has 2 heterocycles. The molecule has 0 aromatic carbocycles. The zero-order chi connectivity index (χ0) is 14.7. The number of amides is 1. The normalized spacial score (nSPS) is 10.4. The van der Waals surface area contributed by atoms with Crippen LogP contribution in [0.25, 0.3) is 0 Å². The van der Waals surface area contributed by atoms with Crippen molar-refractivity contribution in [3.8, 4) is 0 Å². The van der Waals surface area contributed by atoms with Gasteiger partial charge in [-0.1, -0.05) is 23.2 Å². The lowest BCUT2D eigenvalue weighted by molar-refractivity contribution is 0.0963. The minimum absolute atomic E-state index is 0.191. The van der Waals surface area contributed by atoms with E-state index in [4.69, 9.17) is 23.2 Å². The summed E-state index contributed by atoms with van der Waals surface area (Å²) in [5.41, 5.74) is 1.38. The Morgan fingerprint density at radius 1 is 1.45 bits per heavy atom. The van der Waals surface area contributed by atoms with Gasteiger partial charge in [0.05, 0.1) is 17.1 Å². The van der Waals surface area contributed by atoms with Crippen LogP contribution < -0.4 is 10.6 Å². The van der Waals surface area contributed by atoms with Crippen LogP contribution in [-0.4, -0.2) is 22.5 Å². The maximum absolute atomic E-state index is 11.7. The standard InChI is InChI=1S/C13H14Cl2N4O/c1-16-13(20)9-4-3-5-17-12(9)18-7-8-6-10(14)11(15)19(8)2/h3-6H,7H2,1-2H3,(H,16,20)(H,17,18). The van der Waals surface area contributed by atoms with Crippen molar-refractivity contribution in [2.45, 2.75) is 6.54 Å². The molecule has 0 radical (unpaired) electrons. The second-order valence-electron chi connectivity index (χ2n) is 4.17. The first kappa shape index (κ1) is 14.7. The molecule has 0 aliphatic rings. The number of carbonyl (C=O) groups excluding carboxylic acids is 1. The van der Waals surface area contributed by atoms with Gasteiger partial charge in [-0.15, -0.1) is 0 Å². The summed E-state index contributed by atoms with van der Waals surface area (Å²) in [4.78, 5) is 15.9. The first-order chi connectivity index (χ1) is 9.54. The van der Waals surface area contributed by atoms with Gasteiger partial charge in [-0.25, -0.2) is 4.98 Å². The third-order valence-electron chi connectivity index (χ3n) is 2.93. The second kappa shape index (κ2) is 6.15. The predicted octanol–water partition coefficient (Wildman–Crippen LogP) is 2.70. The lowest BCUT2D eigenvalue weighted by Gasteiger charge is -2.10. The van der Waals surface area contributed by atoms with E-state index in [1.807, 2.05) is 7.05 Å². The molecule has 0 aliphatic carbocycles. The topological polar surface area (TPSA) is 59.0 Å². The molecule has 0 unspecified atom stereocenters. The number of anilines is 1. The second-order valence-corrected chi connectivity index (χ2v) is 4.93. The molecule has 0 aliphatic heterocycles. The van der Waals surface area contributed by atoms with Gasteiger partial charge in [0.1, 0.15) is 11.0 Å². The molecule has 2 aromatic rings. The third kappa shape index (κ3) is 2.89. The molecule has 0 spiro atoms. The number of pyridine rings is 1. The van der Waals surface area contributed by atoms with Crippen molar-refractivity contribution in [1.82, 2.24) is 14.9 Å². The average Bonchev–Trinajstić information content (AvgIpc) is 2.72. The summed E-state index contributed by atoms with van der Waals surface area (Å²) < 4.78 is 1.78. The number of carbonyl (C=O) groups is 1. The van der Waals surface area contributed by atoms with Crippen LogP contribution in [0.15, 0.2) is 24.4 Å². The van der Waals surface area contributed by atoms with Gasteiger partial charge in [0, 0.05) is 26.0 Å². The number of hydrogen-bond donors (Lipinski definition) is 2. The molecule has 7 heteroatoms. The van der Waals surface area contributed by atoms with E-state index < -0.39 is 0 Å². The Balaban J connectivity index is 2.19. The Bertz CT molecular complexity index is 639. The van der Waals surface area contributed by atoms with Gasteiger partial charge in [0.25, 0.3) is 5.91 Å². The molecule has 5 nitrogen and oxygen atoms in total. The summed E-state index contributed by atoms with van der Waals surface area (Å²) in [6.45, 7) is 0.462.